The lowest BCUT2D eigenvalue weighted by Crippen LogP contribution is -2.51. The Morgan fingerprint density at radius 1 is 1.00 bits per heavy atom. The molecule has 0 bridgehead atoms. The third-order valence-electron chi connectivity index (χ3n) is 5.36. The molecule has 2 aliphatic heterocycles. The zero-order valence-electron chi connectivity index (χ0n) is 15.4. The lowest BCUT2D eigenvalue weighted by Gasteiger charge is -2.38. The van der Waals surface area contributed by atoms with Crippen molar-refractivity contribution in [2.45, 2.75) is 41.1 Å². The topological polar surface area (TPSA) is 90.0 Å². The number of fused-ring (bicyclic) bond motifs is 1. The number of nitrogens with zero attached hydrogens (tertiary/aromatic N) is 1. The molecular weight excluding hydrogens is 382 g/mol. The van der Waals surface area contributed by atoms with Gasteiger partial charge in [0.05, 0.1) is 9.79 Å². The highest BCUT2D eigenvalue weighted by molar-refractivity contribution is 7.91. The summed E-state index contributed by atoms with van der Waals surface area (Å²) in [5.41, 5.74) is -0.810. The molecule has 2 aliphatic rings. The van der Waals surface area contributed by atoms with Gasteiger partial charge in [-0.25, -0.2) is 13.2 Å². The number of likely N-dealkylation sites (N-methyl/N-ethyl adjacent to an activating group) is 1. The zero-order valence-corrected chi connectivity index (χ0v) is 16.2. The summed E-state index contributed by atoms with van der Waals surface area (Å²) in [6.07, 6.45) is -1.27. The molecule has 146 valence electrons. The maximum Gasteiger partial charge on any atom is 0.412 e. The molecule has 2 saturated heterocycles. The number of rotatable bonds is 3. The SMILES string of the molecule is CN1C(=O)O[C@@H]2O[C@](C)(c3ccc(S(=O)(=O)c4ccccc4)cc3)C(=O)C[C@H]21. The van der Waals surface area contributed by atoms with Crippen LogP contribution in [0.4, 0.5) is 4.79 Å². The molecule has 0 aromatic heterocycles. The maximum absolute atomic E-state index is 12.8. The number of carbonyl (C=O) groups is 2. The number of ketones is 1. The monoisotopic (exact) mass is 401 g/mol. The highest BCUT2D eigenvalue weighted by Crippen LogP contribution is 2.39. The van der Waals surface area contributed by atoms with Crippen LogP contribution in [0.25, 0.3) is 0 Å². The van der Waals surface area contributed by atoms with Crippen LogP contribution in [-0.2, 0) is 29.7 Å². The lowest BCUT2D eigenvalue weighted by molar-refractivity contribution is -0.205. The Morgan fingerprint density at radius 2 is 1.61 bits per heavy atom. The molecule has 0 aliphatic carbocycles. The van der Waals surface area contributed by atoms with Gasteiger partial charge in [0.2, 0.25) is 16.1 Å². The maximum atomic E-state index is 12.8. The molecular formula is C20H19NO6S. The fraction of sp³-hybridized carbons (Fsp3) is 0.300. The van der Waals surface area contributed by atoms with Crippen molar-refractivity contribution in [1.82, 2.24) is 4.90 Å². The molecule has 4 rings (SSSR count). The van der Waals surface area contributed by atoms with Crippen LogP contribution in [0.2, 0.25) is 0 Å². The van der Waals surface area contributed by atoms with E-state index in [1.165, 1.54) is 29.2 Å². The smallest absolute Gasteiger partial charge is 0.412 e. The Balaban J connectivity index is 1.64. The fourth-order valence-electron chi connectivity index (χ4n) is 3.51. The minimum atomic E-state index is -3.65. The number of hydrogen-bond acceptors (Lipinski definition) is 6. The third kappa shape index (κ3) is 2.80. The Labute approximate surface area is 162 Å². The first kappa shape index (κ1) is 18.6. The van der Waals surface area contributed by atoms with Crippen molar-refractivity contribution < 1.29 is 27.5 Å². The number of carbonyl (C=O) groups excluding carboxylic acids is 2. The van der Waals surface area contributed by atoms with Crippen molar-refractivity contribution in [2.75, 3.05) is 7.05 Å². The highest BCUT2D eigenvalue weighted by Gasteiger charge is 2.53. The van der Waals surface area contributed by atoms with E-state index in [0.29, 0.717) is 5.56 Å². The third-order valence-corrected chi connectivity index (χ3v) is 7.15. The summed E-state index contributed by atoms with van der Waals surface area (Å²) in [5.74, 6) is -0.197. The van der Waals surface area contributed by atoms with Crippen LogP contribution in [-0.4, -0.2) is 44.6 Å². The van der Waals surface area contributed by atoms with Crippen molar-refractivity contribution in [3.8, 4) is 0 Å². The Morgan fingerprint density at radius 3 is 2.25 bits per heavy atom. The molecule has 28 heavy (non-hydrogen) atoms. The lowest BCUT2D eigenvalue weighted by atomic mass is 9.85. The van der Waals surface area contributed by atoms with Crippen LogP contribution in [0.3, 0.4) is 0 Å². The van der Waals surface area contributed by atoms with Crippen LogP contribution in [0, 0.1) is 0 Å². The average molecular weight is 401 g/mol. The zero-order chi connectivity index (χ0) is 20.1. The largest absolute Gasteiger partial charge is 0.417 e. The van der Waals surface area contributed by atoms with Gasteiger partial charge in [0.25, 0.3) is 0 Å². The molecule has 1 amide bonds. The van der Waals surface area contributed by atoms with Gasteiger partial charge >= 0.3 is 6.09 Å². The van der Waals surface area contributed by atoms with Gasteiger partial charge in [-0.15, -0.1) is 0 Å². The van der Waals surface area contributed by atoms with E-state index in [9.17, 15) is 18.0 Å². The van der Waals surface area contributed by atoms with Crippen molar-refractivity contribution >= 4 is 21.7 Å². The fourth-order valence-corrected chi connectivity index (χ4v) is 4.80. The van der Waals surface area contributed by atoms with Crippen LogP contribution >= 0.6 is 0 Å². The van der Waals surface area contributed by atoms with Crippen LogP contribution in [0.5, 0.6) is 0 Å². The van der Waals surface area contributed by atoms with Crippen molar-refractivity contribution in [1.29, 1.82) is 0 Å². The molecule has 8 heteroatoms. The molecule has 7 nitrogen and oxygen atoms in total. The molecule has 3 atom stereocenters. The molecule has 0 unspecified atom stereocenters. The van der Waals surface area contributed by atoms with E-state index in [0.717, 1.165) is 0 Å². The van der Waals surface area contributed by atoms with Crippen molar-refractivity contribution in [3.05, 3.63) is 60.2 Å². The second kappa shape index (κ2) is 6.42. The van der Waals surface area contributed by atoms with Gasteiger partial charge in [0.1, 0.15) is 6.04 Å². The first-order chi connectivity index (χ1) is 13.2. The van der Waals surface area contributed by atoms with Crippen molar-refractivity contribution in [2.24, 2.45) is 0 Å². The van der Waals surface area contributed by atoms with Gasteiger partial charge in [0, 0.05) is 13.5 Å². The standard InChI is InChI=1S/C20H19NO6S/c1-20(17(22)12-16-18(27-20)26-19(23)21(16)2)13-8-10-15(11-9-13)28(24,25)14-6-4-3-5-7-14/h3-11,16,18H,12H2,1-2H3/t16-,18-,20-/m1/s1. The van der Waals surface area contributed by atoms with Gasteiger partial charge in [-0.2, -0.15) is 0 Å². The van der Waals surface area contributed by atoms with Crippen LogP contribution in [0.15, 0.2) is 64.4 Å². The summed E-state index contributed by atoms with van der Waals surface area (Å²) in [5, 5.41) is 0. The Bertz CT molecular complexity index is 1030. The van der Waals surface area contributed by atoms with Crippen LogP contribution in [0.1, 0.15) is 18.9 Å². The molecule has 0 N–H and O–H groups in total. The van der Waals surface area contributed by atoms with Gasteiger partial charge in [0.15, 0.2) is 11.4 Å². The molecule has 2 aromatic carbocycles. The molecule has 0 spiro atoms. The van der Waals surface area contributed by atoms with E-state index in [2.05, 4.69) is 0 Å². The highest BCUT2D eigenvalue weighted by atomic mass is 32.2. The predicted molar refractivity (Wildman–Crippen MR) is 98.2 cm³/mol. The number of sulfone groups is 1. The normalized spacial score (nSPS) is 27.4. The molecule has 0 saturated carbocycles. The van der Waals surface area contributed by atoms with E-state index < -0.39 is 33.9 Å². The quantitative estimate of drug-likeness (QED) is 0.785. The second-order valence-corrected chi connectivity index (χ2v) is 9.00. The molecule has 0 radical (unpaired) electrons. The van der Waals surface area contributed by atoms with Crippen LogP contribution < -0.4 is 0 Å². The molecule has 2 aromatic rings. The summed E-state index contributed by atoms with van der Waals surface area (Å²) in [6.45, 7) is 1.61. The molecule has 2 fully saturated rings. The van der Waals surface area contributed by atoms with E-state index in [1.54, 1.807) is 44.3 Å². The minimum Gasteiger partial charge on any atom is -0.417 e. The number of benzene rings is 2. The number of Topliss-reactive ketones (excluding diaryl/α,β-unsaturated/α-hetero) is 1. The van der Waals surface area contributed by atoms with E-state index in [-0.39, 0.29) is 22.0 Å². The average Bonchev–Trinajstić information content (AvgIpc) is 2.96. The van der Waals surface area contributed by atoms with Gasteiger partial charge in [-0.3, -0.25) is 4.79 Å². The van der Waals surface area contributed by atoms with Gasteiger partial charge in [-0.1, -0.05) is 30.3 Å². The summed E-state index contributed by atoms with van der Waals surface area (Å²) < 4.78 is 36.5. The van der Waals surface area contributed by atoms with E-state index >= 15 is 0 Å². The van der Waals surface area contributed by atoms with E-state index in [1.807, 2.05) is 0 Å². The summed E-state index contributed by atoms with van der Waals surface area (Å²) in [7, 11) is -2.09. The van der Waals surface area contributed by atoms with Gasteiger partial charge < -0.3 is 14.4 Å². The molecule has 2 heterocycles. The van der Waals surface area contributed by atoms with Gasteiger partial charge in [-0.05, 0) is 36.8 Å². The number of amides is 1. The summed E-state index contributed by atoms with van der Waals surface area (Å²) >= 11 is 0. The number of ether oxygens (including phenoxy) is 2. The summed E-state index contributed by atoms with van der Waals surface area (Å²) in [6, 6.07) is 13.7. The second-order valence-electron chi connectivity index (χ2n) is 7.05. The Hall–Kier alpha value is -2.71. The van der Waals surface area contributed by atoms with Crippen molar-refractivity contribution in [3.63, 3.8) is 0 Å². The first-order valence-corrected chi connectivity index (χ1v) is 10.3. The first-order valence-electron chi connectivity index (χ1n) is 8.79. The number of hydrogen-bond donors (Lipinski definition) is 0. The Kier molecular flexibility index (Phi) is 4.28. The van der Waals surface area contributed by atoms with E-state index in [4.69, 9.17) is 9.47 Å². The predicted octanol–water partition coefficient (Wildman–Crippen LogP) is 2.50. The summed E-state index contributed by atoms with van der Waals surface area (Å²) in [4.78, 5) is 26.2. The minimum absolute atomic E-state index is 0.105.